The van der Waals surface area contributed by atoms with Gasteiger partial charge in [0.25, 0.3) is 0 Å². The molecular weight excluding hydrogens is 524 g/mol. The molecule has 2 aliphatic rings. The van der Waals surface area contributed by atoms with E-state index in [1.54, 1.807) is 0 Å². The fourth-order valence-corrected chi connectivity index (χ4v) is 4.87. The van der Waals surface area contributed by atoms with Gasteiger partial charge in [-0.2, -0.15) is 35.1 Å². The smallest absolute Gasteiger partial charge is 0.382 e. The maximum atomic E-state index is 15.3. The predicted molar refractivity (Wildman–Crippen MR) is 126 cm³/mol. The molecule has 0 atom stereocenters. The Balaban J connectivity index is 1.80. The van der Waals surface area contributed by atoms with E-state index in [0.717, 1.165) is 27.1 Å². The molecule has 0 saturated heterocycles. The number of ether oxygens (including phenoxy) is 2. The number of halogens is 8. The van der Waals surface area contributed by atoms with E-state index < -0.39 is 46.3 Å². The van der Waals surface area contributed by atoms with Crippen molar-refractivity contribution in [2.24, 2.45) is 0 Å². The fraction of sp³-hybridized carbons (Fsp3) is 0.538. The molecule has 2 aromatic carbocycles. The van der Waals surface area contributed by atoms with Crippen molar-refractivity contribution in [2.75, 3.05) is 25.7 Å². The third-order valence-electron chi connectivity index (χ3n) is 7.79. The summed E-state index contributed by atoms with van der Waals surface area (Å²) in [5.41, 5.74) is 8.44. The van der Waals surface area contributed by atoms with Crippen LogP contribution in [0.2, 0.25) is 0 Å². The van der Waals surface area contributed by atoms with Crippen molar-refractivity contribution in [1.29, 1.82) is 0 Å². The summed E-state index contributed by atoms with van der Waals surface area (Å²) in [6.07, 6.45) is 3.48. The molecule has 2 aromatic rings. The van der Waals surface area contributed by atoms with Gasteiger partial charge in [-0.15, -0.1) is 0 Å². The lowest BCUT2D eigenvalue weighted by molar-refractivity contribution is -0.374. The first kappa shape index (κ1) is 28.1. The highest BCUT2D eigenvalue weighted by atomic mass is 19.4. The van der Waals surface area contributed by atoms with Gasteiger partial charge in [0.2, 0.25) is 0 Å². The van der Waals surface area contributed by atoms with Crippen molar-refractivity contribution in [1.82, 2.24) is 0 Å². The molecule has 4 N–H and O–H groups in total. The zero-order valence-electron chi connectivity index (χ0n) is 20.7. The van der Waals surface area contributed by atoms with Crippen molar-refractivity contribution in [3.05, 3.63) is 46.5 Å². The Hall–Kier alpha value is -2.92. The first-order valence-corrected chi connectivity index (χ1v) is 12.1. The maximum absolute atomic E-state index is 15.3. The maximum Gasteiger partial charge on any atom is 0.382 e. The van der Waals surface area contributed by atoms with Crippen LogP contribution in [0.15, 0.2) is 24.3 Å². The summed E-state index contributed by atoms with van der Waals surface area (Å²) < 4.78 is 131. The summed E-state index contributed by atoms with van der Waals surface area (Å²) in [6.45, 7) is 0. The zero-order valence-corrected chi connectivity index (χ0v) is 20.7. The van der Waals surface area contributed by atoms with E-state index in [1.807, 2.05) is 0 Å². The standard InChI is InChI=1S/C26H28F8N2O2/c1-37-19-11-15(9-17(21(19)35)13-5-3-6-13)23(27,28)25(31,32)26(33,34)24(29,30)16-10-18(14-7-4-8-14)22(36)20(12-16)38-2/h9-14H,3-8,35-36H2,1-2H3. The second-order valence-electron chi connectivity index (χ2n) is 9.92. The first-order chi connectivity index (χ1) is 17.6. The summed E-state index contributed by atoms with van der Waals surface area (Å²) in [6, 6.07) is 1.90. The second kappa shape index (κ2) is 9.37. The van der Waals surface area contributed by atoms with Gasteiger partial charge < -0.3 is 20.9 Å². The van der Waals surface area contributed by atoms with Crippen LogP contribution in [0.1, 0.15) is 72.6 Å². The van der Waals surface area contributed by atoms with Gasteiger partial charge in [-0.3, -0.25) is 0 Å². The van der Waals surface area contributed by atoms with Gasteiger partial charge in [-0.25, -0.2) is 0 Å². The Morgan fingerprint density at radius 2 is 0.921 bits per heavy atom. The Morgan fingerprint density at radius 1 is 0.605 bits per heavy atom. The monoisotopic (exact) mass is 552 g/mol. The number of rotatable bonds is 9. The third kappa shape index (κ3) is 4.02. The van der Waals surface area contributed by atoms with Gasteiger partial charge in [-0.05, 0) is 72.9 Å². The van der Waals surface area contributed by atoms with Crippen LogP contribution in [0.25, 0.3) is 0 Å². The topological polar surface area (TPSA) is 70.5 Å². The quantitative estimate of drug-likeness (QED) is 0.249. The summed E-state index contributed by atoms with van der Waals surface area (Å²) in [7, 11) is 2.07. The van der Waals surface area contributed by atoms with E-state index in [4.69, 9.17) is 20.9 Å². The van der Waals surface area contributed by atoms with Crippen LogP contribution in [0.4, 0.5) is 46.5 Å². The van der Waals surface area contributed by atoms with E-state index in [0.29, 0.717) is 49.9 Å². The molecule has 210 valence electrons. The molecule has 0 unspecified atom stereocenters. The summed E-state index contributed by atoms with van der Waals surface area (Å²) >= 11 is 0. The SMILES string of the molecule is COc1cc(C(F)(F)C(F)(F)C(F)(F)C(F)(F)c2cc(OC)c(N)c(C3CCC3)c2)cc(C2CCC2)c1N. The highest BCUT2D eigenvalue weighted by Crippen LogP contribution is 2.60. The first-order valence-electron chi connectivity index (χ1n) is 12.1. The van der Waals surface area contributed by atoms with Gasteiger partial charge in [0.15, 0.2) is 0 Å². The lowest BCUT2D eigenvalue weighted by Gasteiger charge is -2.38. The average molecular weight is 553 g/mol. The van der Waals surface area contributed by atoms with E-state index in [9.17, 15) is 0 Å². The summed E-state index contributed by atoms with van der Waals surface area (Å²) in [5, 5.41) is 0. The van der Waals surface area contributed by atoms with Gasteiger partial charge >= 0.3 is 23.7 Å². The number of nitrogen functional groups attached to an aromatic ring is 2. The number of nitrogens with two attached hydrogens (primary N) is 2. The summed E-state index contributed by atoms with van der Waals surface area (Å²) in [4.78, 5) is 0. The van der Waals surface area contributed by atoms with Gasteiger partial charge in [0, 0.05) is 11.1 Å². The van der Waals surface area contributed by atoms with E-state index in [-0.39, 0.29) is 34.3 Å². The van der Waals surface area contributed by atoms with Crippen molar-refractivity contribution < 1.29 is 44.6 Å². The summed E-state index contributed by atoms with van der Waals surface area (Å²) in [5.74, 6) is -26.2. The predicted octanol–water partition coefficient (Wildman–Crippen LogP) is 7.56. The molecular formula is C26H28F8N2O2. The Kier molecular flexibility index (Phi) is 6.93. The van der Waals surface area contributed by atoms with E-state index in [1.165, 1.54) is 0 Å². The van der Waals surface area contributed by atoms with Gasteiger partial charge in [0.05, 0.1) is 25.6 Å². The molecule has 12 heteroatoms. The molecule has 0 radical (unpaired) electrons. The molecule has 2 fully saturated rings. The number of methoxy groups -OCH3 is 2. The van der Waals surface area contributed by atoms with Crippen LogP contribution >= 0.6 is 0 Å². The Labute approximate surface area is 214 Å². The molecule has 0 amide bonds. The average Bonchev–Trinajstić information content (AvgIpc) is 2.78. The molecule has 0 heterocycles. The number of hydrogen-bond acceptors (Lipinski definition) is 4. The second-order valence-corrected chi connectivity index (χ2v) is 9.92. The lowest BCUT2D eigenvalue weighted by atomic mass is 9.77. The molecule has 2 aliphatic carbocycles. The van der Waals surface area contributed by atoms with Crippen molar-refractivity contribution >= 4 is 11.4 Å². The molecule has 0 aliphatic heterocycles. The van der Waals surface area contributed by atoms with E-state index >= 15 is 35.1 Å². The molecule has 38 heavy (non-hydrogen) atoms. The largest absolute Gasteiger partial charge is 0.495 e. The molecule has 4 rings (SSSR count). The molecule has 0 aromatic heterocycles. The van der Waals surface area contributed by atoms with Crippen LogP contribution in [0.3, 0.4) is 0 Å². The van der Waals surface area contributed by atoms with Crippen LogP contribution in [-0.2, 0) is 11.8 Å². The Morgan fingerprint density at radius 3 is 1.16 bits per heavy atom. The normalized spacial score (nSPS) is 17.6. The van der Waals surface area contributed by atoms with Crippen molar-refractivity contribution in [3.8, 4) is 11.5 Å². The fourth-order valence-electron chi connectivity index (χ4n) is 4.87. The Bertz CT molecular complexity index is 1120. The van der Waals surface area contributed by atoms with Crippen LogP contribution in [0.5, 0.6) is 11.5 Å². The van der Waals surface area contributed by atoms with Gasteiger partial charge in [0.1, 0.15) is 11.5 Å². The third-order valence-corrected chi connectivity index (χ3v) is 7.79. The highest BCUT2D eigenvalue weighted by Gasteiger charge is 2.81. The number of hydrogen-bond donors (Lipinski definition) is 2. The number of anilines is 2. The van der Waals surface area contributed by atoms with E-state index in [2.05, 4.69) is 0 Å². The number of alkyl halides is 8. The molecule has 0 spiro atoms. The zero-order chi connectivity index (χ0) is 28.3. The van der Waals surface area contributed by atoms with Crippen LogP contribution in [-0.4, -0.2) is 26.1 Å². The lowest BCUT2D eigenvalue weighted by Crippen LogP contribution is -2.59. The van der Waals surface area contributed by atoms with Crippen LogP contribution < -0.4 is 20.9 Å². The minimum absolute atomic E-state index is 0.0181. The van der Waals surface area contributed by atoms with Crippen LogP contribution in [0, 0.1) is 0 Å². The molecule has 2 saturated carbocycles. The minimum atomic E-state index is -6.53. The molecule has 4 nitrogen and oxygen atoms in total. The highest BCUT2D eigenvalue weighted by molar-refractivity contribution is 5.64. The number of benzene rings is 2. The van der Waals surface area contributed by atoms with Crippen molar-refractivity contribution in [2.45, 2.75) is 74.1 Å². The van der Waals surface area contributed by atoms with Crippen molar-refractivity contribution in [3.63, 3.8) is 0 Å². The minimum Gasteiger partial charge on any atom is -0.495 e. The molecule has 0 bridgehead atoms. The van der Waals surface area contributed by atoms with Gasteiger partial charge in [-0.1, -0.05) is 12.8 Å².